The lowest BCUT2D eigenvalue weighted by molar-refractivity contribution is 0.472. The molecule has 0 aliphatic heterocycles. The van der Waals surface area contributed by atoms with Crippen LogP contribution < -0.4 is 5.32 Å². The molecule has 4 nitrogen and oxygen atoms in total. The zero-order valence-electron chi connectivity index (χ0n) is 9.89. The molecule has 2 unspecified atom stereocenters. The molecule has 1 aromatic heterocycles. The Kier molecular flexibility index (Phi) is 4.21. The van der Waals surface area contributed by atoms with Crippen molar-refractivity contribution < 1.29 is 0 Å². The first-order valence-electron chi connectivity index (χ1n) is 5.83. The number of hydrogen-bond acceptors (Lipinski definition) is 5. The number of nitrogens with zero attached hydrogens (tertiary/aromatic N) is 3. The largest absolute Gasteiger partial charge is 0.366 e. The predicted molar refractivity (Wildman–Crippen MR) is 69.9 cm³/mol. The lowest BCUT2D eigenvalue weighted by atomic mass is 9.95. The maximum absolute atomic E-state index is 8.64. The molecule has 1 heterocycles. The van der Waals surface area contributed by atoms with Crippen LogP contribution in [0.15, 0.2) is 12.4 Å². The highest BCUT2D eigenvalue weighted by atomic mass is 32.2. The van der Waals surface area contributed by atoms with E-state index in [1.54, 1.807) is 6.20 Å². The Hall–Kier alpha value is -1.28. The lowest BCUT2D eigenvalue weighted by Crippen LogP contribution is -2.28. The second-order valence-corrected chi connectivity index (χ2v) is 5.40. The minimum Gasteiger partial charge on any atom is -0.366 e. The Morgan fingerprint density at radius 2 is 2.29 bits per heavy atom. The van der Waals surface area contributed by atoms with Gasteiger partial charge in [0.25, 0.3) is 0 Å². The molecule has 1 fully saturated rings. The van der Waals surface area contributed by atoms with Crippen molar-refractivity contribution >= 4 is 17.6 Å². The molecule has 0 spiro atoms. The summed E-state index contributed by atoms with van der Waals surface area (Å²) in [6.45, 7) is 0. The molecule has 0 aromatic carbocycles. The van der Waals surface area contributed by atoms with Gasteiger partial charge >= 0.3 is 0 Å². The Morgan fingerprint density at radius 3 is 2.94 bits per heavy atom. The van der Waals surface area contributed by atoms with Crippen LogP contribution in [0.25, 0.3) is 0 Å². The second-order valence-electron chi connectivity index (χ2n) is 4.26. The first-order chi connectivity index (χ1) is 8.31. The highest BCUT2D eigenvalue weighted by molar-refractivity contribution is 7.99. The van der Waals surface area contributed by atoms with Gasteiger partial charge in [-0.25, -0.2) is 9.97 Å². The van der Waals surface area contributed by atoms with Crippen molar-refractivity contribution in [3.63, 3.8) is 0 Å². The average Bonchev–Trinajstić information content (AvgIpc) is 2.40. The van der Waals surface area contributed by atoms with Gasteiger partial charge in [0, 0.05) is 11.3 Å². The van der Waals surface area contributed by atoms with Gasteiger partial charge in [0.1, 0.15) is 11.9 Å². The summed E-state index contributed by atoms with van der Waals surface area (Å²) >= 11 is 1.95. The van der Waals surface area contributed by atoms with Crippen LogP contribution in [-0.2, 0) is 0 Å². The summed E-state index contributed by atoms with van der Waals surface area (Å²) in [6, 6.07) is 2.46. The number of rotatable bonds is 3. The number of nitrogens with one attached hydrogen (secondary N) is 1. The van der Waals surface area contributed by atoms with E-state index < -0.39 is 0 Å². The molecular formula is C12H16N4S. The molecule has 1 saturated carbocycles. The van der Waals surface area contributed by atoms with Crippen LogP contribution in [0.1, 0.15) is 31.4 Å². The number of hydrogen-bond donors (Lipinski definition) is 1. The number of nitriles is 1. The number of thioether (sulfide) groups is 1. The molecule has 2 atom stereocenters. The topological polar surface area (TPSA) is 61.6 Å². The molecular weight excluding hydrogens is 232 g/mol. The van der Waals surface area contributed by atoms with E-state index in [-0.39, 0.29) is 0 Å². The summed E-state index contributed by atoms with van der Waals surface area (Å²) < 4.78 is 0. The third kappa shape index (κ3) is 3.34. The van der Waals surface area contributed by atoms with Crippen molar-refractivity contribution in [1.82, 2.24) is 9.97 Å². The van der Waals surface area contributed by atoms with Crippen LogP contribution in [0.3, 0.4) is 0 Å². The number of anilines is 1. The van der Waals surface area contributed by atoms with Crippen LogP contribution in [0.2, 0.25) is 0 Å². The molecule has 0 saturated heterocycles. The Morgan fingerprint density at radius 1 is 1.41 bits per heavy atom. The molecule has 0 amide bonds. The van der Waals surface area contributed by atoms with Gasteiger partial charge in [-0.1, -0.05) is 6.42 Å². The summed E-state index contributed by atoms with van der Waals surface area (Å²) in [5, 5.41) is 12.8. The summed E-state index contributed by atoms with van der Waals surface area (Å²) in [6.07, 6.45) is 10.3. The first kappa shape index (κ1) is 12.2. The molecule has 1 N–H and O–H groups in total. The van der Waals surface area contributed by atoms with Crippen molar-refractivity contribution in [3.8, 4) is 6.07 Å². The SMILES string of the molecule is CSC1CCCC(Nc2cnc(C#N)cn2)C1. The van der Waals surface area contributed by atoms with Gasteiger partial charge in [-0.3, -0.25) is 0 Å². The summed E-state index contributed by atoms with van der Waals surface area (Å²) in [7, 11) is 0. The summed E-state index contributed by atoms with van der Waals surface area (Å²) in [5.74, 6) is 0.774. The minimum atomic E-state index is 0.362. The van der Waals surface area contributed by atoms with E-state index in [4.69, 9.17) is 5.26 Å². The van der Waals surface area contributed by atoms with E-state index in [1.165, 1.54) is 31.9 Å². The van der Waals surface area contributed by atoms with E-state index in [9.17, 15) is 0 Å². The normalized spacial score (nSPS) is 24.0. The maximum Gasteiger partial charge on any atom is 0.158 e. The van der Waals surface area contributed by atoms with Gasteiger partial charge in [-0.2, -0.15) is 17.0 Å². The predicted octanol–water partition coefficient (Wildman–Crippen LogP) is 2.43. The molecule has 5 heteroatoms. The third-order valence-corrected chi connectivity index (χ3v) is 4.17. The van der Waals surface area contributed by atoms with Gasteiger partial charge in [0.05, 0.1) is 12.4 Å². The Labute approximate surface area is 106 Å². The van der Waals surface area contributed by atoms with Crippen LogP contribution in [0.4, 0.5) is 5.82 Å². The van der Waals surface area contributed by atoms with E-state index in [0.717, 1.165) is 11.1 Å². The van der Waals surface area contributed by atoms with Crippen LogP contribution in [-0.4, -0.2) is 27.5 Å². The molecule has 0 radical (unpaired) electrons. The highest BCUT2D eigenvalue weighted by Crippen LogP contribution is 2.28. The van der Waals surface area contributed by atoms with Gasteiger partial charge < -0.3 is 5.32 Å². The Balaban J connectivity index is 1.93. The first-order valence-corrected chi connectivity index (χ1v) is 7.12. The second kappa shape index (κ2) is 5.87. The van der Waals surface area contributed by atoms with Gasteiger partial charge in [0.15, 0.2) is 5.69 Å². The minimum absolute atomic E-state index is 0.362. The summed E-state index contributed by atoms with van der Waals surface area (Å²) in [5.41, 5.74) is 0.362. The van der Waals surface area contributed by atoms with E-state index in [0.29, 0.717) is 11.7 Å². The van der Waals surface area contributed by atoms with Crippen LogP contribution in [0.5, 0.6) is 0 Å². The fourth-order valence-corrected chi connectivity index (χ4v) is 2.99. The lowest BCUT2D eigenvalue weighted by Gasteiger charge is -2.28. The standard InChI is InChI=1S/C12H16N4S/c1-17-11-4-2-3-9(5-11)16-12-8-14-10(6-13)7-15-12/h7-9,11H,2-5H2,1H3,(H,15,16). The van der Waals surface area contributed by atoms with Gasteiger partial charge in [-0.05, 0) is 25.5 Å². The maximum atomic E-state index is 8.64. The van der Waals surface area contributed by atoms with Crippen molar-refractivity contribution in [1.29, 1.82) is 5.26 Å². The molecule has 17 heavy (non-hydrogen) atoms. The molecule has 1 aliphatic carbocycles. The van der Waals surface area contributed by atoms with Crippen molar-refractivity contribution in [3.05, 3.63) is 18.1 Å². The molecule has 1 aliphatic rings. The van der Waals surface area contributed by atoms with Gasteiger partial charge in [0.2, 0.25) is 0 Å². The highest BCUT2D eigenvalue weighted by Gasteiger charge is 2.21. The quantitative estimate of drug-likeness (QED) is 0.890. The smallest absolute Gasteiger partial charge is 0.158 e. The van der Waals surface area contributed by atoms with Crippen LogP contribution >= 0.6 is 11.8 Å². The Bertz CT molecular complexity index is 398. The van der Waals surface area contributed by atoms with Gasteiger partial charge in [-0.15, -0.1) is 0 Å². The van der Waals surface area contributed by atoms with Crippen molar-refractivity contribution in [2.45, 2.75) is 37.0 Å². The van der Waals surface area contributed by atoms with E-state index in [2.05, 4.69) is 21.5 Å². The fraction of sp³-hybridized carbons (Fsp3) is 0.583. The monoisotopic (exact) mass is 248 g/mol. The zero-order valence-corrected chi connectivity index (χ0v) is 10.7. The average molecular weight is 248 g/mol. The third-order valence-electron chi connectivity index (χ3n) is 3.08. The summed E-state index contributed by atoms with van der Waals surface area (Å²) in [4.78, 5) is 8.20. The van der Waals surface area contributed by atoms with Crippen molar-refractivity contribution in [2.75, 3.05) is 11.6 Å². The number of aromatic nitrogens is 2. The van der Waals surface area contributed by atoms with Crippen molar-refractivity contribution in [2.24, 2.45) is 0 Å². The van der Waals surface area contributed by atoms with Crippen LogP contribution in [0, 0.1) is 11.3 Å². The zero-order chi connectivity index (χ0) is 12.1. The molecule has 2 rings (SSSR count). The molecule has 0 bridgehead atoms. The molecule has 1 aromatic rings. The van der Waals surface area contributed by atoms with E-state index in [1.807, 2.05) is 17.8 Å². The fourth-order valence-electron chi connectivity index (χ4n) is 2.16. The molecule has 90 valence electrons. The van der Waals surface area contributed by atoms with E-state index >= 15 is 0 Å².